The van der Waals surface area contributed by atoms with Crippen LogP contribution in [0.4, 0.5) is 5.69 Å². The highest BCUT2D eigenvalue weighted by Gasteiger charge is 2.09. The molecule has 0 aliphatic carbocycles. The summed E-state index contributed by atoms with van der Waals surface area (Å²) in [6.07, 6.45) is 0. The van der Waals surface area contributed by atoms with Crippen molar-refractivity contribution in [1.82, 2.24) is 0 Å². The molecule has 120 valence electrons. The highest BCUT2D eigenvalue weighted by Crippen LogP contribution is 2.21. The van der Waals surface area contributed by atoms with Crippen LogP contribution in [-0.2, 0) is 0 Å². The molecule has 4 nitrogen and oxygen atoms in total. The second-order valence-electron chi connectivity index (χ2n) is 5.37. The zero-order valence-electron chi connectivity index (χ0n) is 13.0. The van der Waals surface area contributed by atoms with Gasteiger partial charge in [-0.15, -0.1) is 0 Å². The Kier molecular flexibility index (Phi) is 4.49. The van der Waals surface area contributed by atoms with Gasteiger partial charge in [-0.05, 0) is 47.5 Å². The number of hydrogen-bond donors (Lipinski definition) is 2. The standard InChI is InChI=1S/C19H15ClN2O2/c1-12(14-7-6-13-4-2-3-5-15(13)10-14)21-22-16-8-9-18(20)17(11-16)19(23)24/h2-11,22H,1H3,(H,23,24). The third-order valence-corrected chi connectivity index (χ3v) is 4.05. The molecular formula is C19H15ClN2O2. The van der Waals surface area contributed by atoms with Crippen LogP contribution in [0.15, 0.2) is 65.8 Å². The van der Waals surface area contributed by atoms with Crippen LogP contribution in [0.2, 0.25) is 5.02 Å². The van der Waals surface area contributed by atoms with Gasteiger partial charge < -0.3 is 5.11 Å². The summed E-state index contributed by atoms with van der Waals surface area (Å²) in [6, 6.07) is 18.9. The maximum absolute atomic E-state index is 11.1. The third-order valence-electron chi connectivity index (χ3n) is 3.72. The lowest BCUT2D eigenvalue weighted by Crippen LogP contribution is -2.02. The molecule has 0 unspecified atom stereocenters. The van der Waals surface area contributed by atoms with Gasteiger partial charge in [0, 0.05) is 0 Å². The molecule has 0 aromatic heterocycles. The molecule has 0 fully saturated rings. The highest BCUT2D eigenvalue weighted by atomic mass is 35.5. The summed E-state index contributed by atoms with van der Waals surface area (Å²) in [7, 11) is 0. The van der Waals surface area contributed by atoms with Gasteiger partial charge >= 0.3 is 5.97 Å². The van der Waals surface area contributed by atoms with E-state index in [4.69, 9.17) is 16.7 Å². The summed E-state index contributed by atoms with van der Waals surface area (Å²) in [5.41, 5.74) is 5.28. The summed E-state index contributed by atoms with van der Waals surface area (Å²) in [5, 5.41) is 15.9. The Morgan fingerprint density at radius 3 is 2.54 bits per heavy atom. The van der Waals surface area contributed by atoms with E-state index in [2.05, 4.69) is 34.8 Å². The number of anilines is 1. The average molecular weight is 339 g/mol. The monoisotopic (exact) mass is 338 g/mol. The van der Waals surface area contributed by atoms with Gasteiger partial charge in [0.05, 0.1) is 22.0 Å². The zero-order valence-corrected chi connectivity index (χ0v) is 13.7. The normalized spacial score (nSPS) is 11.5. The first-order valence-electron chi connectivity index (χ1n) is 7.37. The topological polar surface area (TPSA) is 61.7 Å². The molecular weight excluding hydrogens is 324 g/mol. The van der Waals surface area contributed by atoms with E-state index in [0.29, 0.717) is 5.69 Å². The Balaban J connectivity index is 1.85. The van der Waals surface area contributed by atoms with Gasteiger partial charge in [0.25, 0.3) is 0 Å². The molecule has 0 aliphatic rings. The fourth-order valence-corrected chi connectivity index (χ4v) is 2.58. The summed E-state index contributed by atoms with van der Waals surface area (Å²) in [4.78, 5) is 11.1. The Morgan fingerprint density at radius 1 is 1.04 bits per heavy atom. The van der Waals surface area contributed by atoms with Gasteiger partial charge in [0.2, 0.25) is 0 Å². The molecule has 0 spiro atoms. The van der Waals surface area contributed by atoms with E-state index in [1.807, 2.05) is 25.1 Å². The van der Waals surface area contributed by atoms with Gasteiger partial charge in [-0.25, -0.2) is 4.79 Å². The SMILES string of the molecule is CC(=NNc1ccc(Cl)c(C(=O)O)c1)c1ccc2ccccc2c1. The molecule has 0 heterocycles. The van der Waals surface area contributed by atoms with E-state index in [1.165, 1.54) is 17.5 Å². The Morgan fingerprint density at radius 2 is 1.79 bits per heavy atom. The van der Waals surface area contributed by atoms with Crippen LogP contribution in [0.25, 0.3) is 10.8 Å². The van der Waals surface area contributed by atoms with Crippen LogP contribution < -0.4 is 5.43 Å². The molecule has 3 rings (SSSR count). The Bertz CT molecular complexity index is 951. The molecule has 24 heavy (non-hydrogen) atoms. The minimum absolute atomic E-state index is 0.0419. The highest BCUT2D eigenvalue weighted by molar-refractivity contribution is 6.33. The maximum atomic E-state index is 11.1. The minimum atomic E-state index is -1.07. The summed E-state index contributed by atoms with van der Waals surface area (Å²) >= 11 is 5.86. The molecule has 0 saturated heterocycles. The van der Waals surface area contributed by atoms with Crippen molar-refractivity contribution in [2.75, 3.05) is 5.43 Å². The predicted molar refractivity (Wildman–Crippen MR) is 98.2 cm³/mol. The number of rotatable bonds is 4. The van der Waals surface area contributed by atoms with Gasteiger partial charge in [0.15, 0.2) is 0 Å². The number of carbonyl (C=O) groups is 1. The first-order chi connectivity index (χ1) is 11.5. The minimum Gasteiger partial charge on any atom is -0.478 e. The van der Waals surface area contributed by atoms with E-state index in [-0.39, 0.29) is 10.6 Å². The summed E-state index contributed by atoms with van der Waals surface area (Å²) < 4.78 is 0. The second-order valence-corrected chi connectivity index (χ2v) is 5.78. The molecule has 2 N–H and O–H groups in total. The van der Waals surface area contributed by atoms with Crippen molar-refractivity contribution < 1.29 is 9.90 Å². The molecule has 5 heteroatoms. The number of hydrogen-bond acceptors (Lipinski definition) is 3. The van der Waals surface area contributed by atoms with Crippen LogP contribution in [0.5, 0.6) is 0 Å². The first kappa shape index (κ1) is 16.0. The van der Waals surface area contributed by atoms with Crippen molar-refractivity contribution in [3.63, 3.8) is 0 Å². The lowest BCUT2D eigenvalue weighted by molar-refractivity contribution is 0.0697. The molecule has 0 aliphatic heterocycles. The number of benzene rings is 3. The van der Waals surface area contributed by atoms with Gasteiger partial charge in [0.1, 0.15) is 0 Å². The Hall–Kier alpha value is -2.85. The lowest BCUT2D eigenvalue weighted by atomic mass is 10.0. The zero-order chi connectivity index (χ0) is 17.1. The van der Waals surface area contributed by atoms with Crippen molar-refractivity contribution in [3.05, 3.63) is 76.8 Å². The van der Waals surface area contributed by atoms with E-state index >= 15 is 0 Å². The molecule has 0 bridgehead atoms. The van der Waals surface area contributed by atoms with E-state index in [0.717, 1.165) is 16.7 Å². The van der Waals surface area contributed by atoms with E-state index < -0.39 is 5.97 Å². The van der Waals surface area contributed by atoms with Crippen molar-refractivity contribution in [1.29, 1.82) is 0 Å². The van der Waals surface area contributed by atoms with Gasteiger partial charge in [-0.3, -0.25) is 5.43 Å². The van der Waals surface area contributed by atoms with Crippen molar-refractivity contribution >= 4 is 39.7 Å². The van der Waals surface area contributed by atoms with Crippen LogP contribution in [0.1, 0.15) is 22.8 Å². The fraction of sp³-hybridized carbons (Fsp3) is 0.0526. The molecule has 3 aromatic carbocycles. The smallest absolute Gasteiger partial charge is 0.337 e. The number of carboxylic acid groups (broad SMARTS) is 1. The van der Waals surface area contributed by atoms with Gasteiger partial charge in [-0.2, -0.15) is 5.10 Å². The quantitative estimate of drug-likeness (QED) is 0.518. The largest absolute Gasteiger partial charge is 0.478 e. The molecule has 0 saturated carbocycles. The summed E-state index contributed by atoms with van der Waals surface area (Å²) in [6.45, 7) is 1.89. The van der Waals surface area contributed by atoms with Crippen LogP contribution >= 0.6 is 11.6 Å². The van der Waals surface area contributed by atoms with E-state index in [1.54, 1.807) is 6.07 Å². The average Bonchev–Trinajstić information content (AvgIpc) is 2.60. The van der Waals surface area contributed by atoms with Crippen LogP contribution in [0.3, 0.4) is 0 Å². The van der Waals surface area contributed by atoms with Crippen molar-refractivity contribution in [3.8, 4) is 0 Å². The number of nitrogens with zero attached hydrogens (tertiary/aromatic N) is 1. The molecule has 0 amide bonds. The molecule has 0 atom stereocenters. The predicted octanol–water partition coefficient (Wildman–Crippen LogP) is 5.03. The maximum Gasteiger partial charge on any atom is 0.337 e. The Labute approximate surface area is 144 Å². The van der Waals surface area contributed by atoms with Crippen molar-refractivity contribution in [2.45, 2.75) is 6.92 Å². The number of fused-ring (bicyclic) bond motifs is 1. The molecule has 0 radical (unpaired) electrons. The number of carboxylic acids is 1. The van der Waals surface area contributed by atoms with Crippen LogP contribution in [-0.4, -0.2) is 16.8 Å². The number of nitrogens with one attached hydrogen (secondary N) is 1. The summed E-state index contributed by atoms with van der Waals surface area (Å²) in [5.74, 6) is -1.07. The van der Waals surface area contributed by atoms with Gasteiger partial charge in [-0.1, -0.05) is 48.0 Å². The number of hydrazone groups is 1. The first-order valence-corrected chi connectivity index (χ1v) is 7.75. The number of halogens is 1. The number of aromatic carboxylic acids is 1. The lowest BCUT2D eigenvalue weighted by Gasteiger charge is -2.07. The van der Waals surface area contributed by atoms with E-state index in [9.17, 15) is 4.79 Å². The molecule has 3 aromatic rings. The fourth-order valence-electron chi connectivity index (χ4n) is 2.39. The van der Waals surface area contributed by atoms with Crippen LogP contribution in [0, 0.1) is 0 Å². The third kappa shape index (κ3) is 3.39. The van der Waals surface area contributed by atoms with Crippen molar-refractivity contribution in [2.24, 2.45) is 5.10 Å². The second kappa shape index (κ2) is 6.72.